The molecule has 1 saturated heterocycles. The Balaban J connectivity index is 0.0000120. The van der Waals surface area contributed by atoms with Crippen molar-refractivity contribution in [3.63, 3.8) is 0 Å². The minimum atomic E-state index is -4.85. The first-order chi connectivity index (χ1) is 22.9. The Hall–Kier alpha value is -0.400. The number of hydrogen-bond donors (Lipinski definition) is 3. The number of carbonyl (C=O) groups is 2. The molecule has 1 aromatic carbocycles. The van der Waals surface area contributed by atoms with Crippen LogP contribution in [0.25, 0.3) is 0 Å². The molecule has 0 amide bonds. The first-order valence-electron chi connectivity index (χ1n) is 17.3. The topological polar surface area (TPSA) is 189 Å². The van der Waals surface area contributed by atoms with Crippen LogP contribution in [0.1, 0.15) is 120 Å². The van der Waals surface area contributed by atoms with Crippen molar-refractivity contribution in [2.75, 3.05) is 19.0 Å². The second kappa shape index (κ2) is 26.4. The second-order valence-electron chi connectivity index (χ2n) is 12.5. The molecule has 6 unspecified atom stereocenters. The van der Waals surface area contributed by atoms with E-state index in [4.69, 9.17) is 18.9 Å². The van der Waals surface area contributed by atoms with Gasteiger partial charge in [-0.15, -0.1) is 0 Å². The van der Waals surface area contributed by atoms with Gasteiger partial charge in [0.15, 0.2) is 12.4 Å². The molecule has 0 bridgehead atoms. The number of ether oxygens (including phenoxy) is 4. The molecule has 49 heavy (non-hydrogen) atoms. The number of unbranched alkanes of at least 4 members (excludes halogenated alkanes) is 14. The van der Waals surface area contributed by atoms with E-state index < -0.39 is 71.2 Å². The van der Waals surface area contributed by atoms with Crippen LogP contribution in [0.5, 0.6) is 0 Å². The minimum absolute atomic E-state index is 0. The summed E-state index contributed by atoms with van der Waals surface area (Å²) in [5, 5.41) is 30.5. The summed E-state index contributed by atoms with van der Waals surface area (Å²) in [5.74, 6) is -2.37. The summed E-state index contributed by atoms with van der Waals surface area (Å²) in [6.07, 6.45) is 8.23. The number of rotatable bonds is 25. The zero-order chi connectivity index (χ0) is 35.4. The minimum Gasteiger partial charge on any atom is -0.748 e. The predicted molar refractivity (Wildman–Crippen MR) is 186 cm³/mol. The molecule has 1 aromatic rings. The van der Waals surface area contributed by atoms with Crippen molar-refractivity contribution >= 4 is 44.6 Å². The molecule has 1 aliphatic heterocycles. The molecule has 6 atom stereocenters. The standard InChI is InChI=1S/C34H55IO12S.Na/c1-2-3-4-5-6-7-8-9-10-11-12-13-14-15-16-17-29(36)44-22-27(46-33(40)25-18-20-26(35)21-19-25)23-45-34-32(39)31(38)30(37)28(47-34)24-48(41,42)43;/h18-21,27-28,30-32,34,37-39H,2-17,22-24H2,1H3,(H,41,42,43);/q;+1/p-1. The van der Waals surface area contributed by atoms with Gasteiger partial charge in [0.05, 0.1) is 28.0 Å². The van der Waals surface area contributed by atoms with Crippen molar-refractivity contribution in [2.24, 2.45) is 0 Å². The van der Waals surface area contributed by atoms with Gasteiger partial charge < -0.3 is 38.8 Å². The zero-order valence-corrected chi connectivity index (χ0v) is 34.0. The van der Waals surface area contributed by atoms with Crippen molar-refractivity contribution < 1.29 is 86.4 Å². The average Bonchev–Trinajstić information content (AvgIpc) is 3.04. The number of esters is 2. The van der Waals surface area contributed by atoms with E-state index in [1.807, 2.05) is 0 Å². The van der Waals surface area contributed by atoms with E-state index in [9.17, 15) is 37.9 Å². The molecule has 15 heteroatoms. The monoisotopic (exact) mass is 836 g/mol. The van der Waals surface area contributed by atoms with Gasteiger partial charge in [0.2, 0.25) is 0 Å². The summed E-state index contributed by atoms with van der Waals surface area (Å²) < 4.78 is 56.2. The number of aliphatic hydroxyl groups is 3. The molecular weight excluding hydrogens is 782 g/mol. The van der Waals surface area contributed by atoms with Crippen molar-refractivity contribution in [3.05, 3.63) is 33.4 Å². The predicted octanol–water partition coefficient (Wildman–Crippen LogP) is 1.99. The van der Waals surface area contributed by atoms with Gasteiger partial charge in [-0.25, -0.2) is 13.2 Å². The summed E-state index contributed by atoms with van der Waals surface area (Å²) >= 11 is 2.09. The summed E-state index contributed by atoms with van der Waals surface area (Å²) in [5.41, 5.74) is 0.234. The van der Waals surface area contributed by atoms with Crippen LogP contribution >= 0.6 is 22.6 Å². The van der Waals surface area contributed by atoms with Crippen molar-refractivity contribution in [3.8, 4) is 0 Å². The van der Waals surface area contributed by atoms with E-state index in [2.05, 4.69) is 29.5 Å². The summed E-state index contributed by atoms with van der Waals surface area (Å²) in [6.45, 7) is 1.38. The molecule has 276 valence electrons. The molecule has 0 aromatic heterocycles. The Morgan fingerprint density at radius 1 is 0.816 bits per heavy atom. The van der Waals surface area contributed by atoms with Gasteiger partial charge >= 0.3 is 41.5 Å². The molecule has 1 aliphatic rings. The number of benzene rings is 1. The maximum absolute atomic E-state index is 12.8. The van der Waals surface area contributed by atoms with Crippen LogP contribution in [0, 0.1) is 3.57 Å². The number of carbonyl (C=O) groups excluding carboxylic acids is 2. The third-order valence-electron chi connectivity index (χ3n) is 8.25. The maximum atomic E-state index is 12.8. The SMILES string of the molecule is CCCCCCCCCCCCCCCCCC(=O)OCC(COC1OC(CS(=O)(=O)[O-])C(O)C(O)C1O)OC(=O)c1ccc(I)cc1.[Na+]. The van der Waals surface area contributed by atoms with Crippen LogP contribution in [-0.2, 0) is 33.9 Å². The molecule has 1 fully saturated rings. The fourth-order valence-corrected chi connectivity index (χ4v) is 6.45. The maximum Gasteiger partial charge on any atom is 1.00 e. The molecular formula is C34H54INaO12S. The molecule has 0 spiro atoms. The van der Waals surface area contributed by atoms with Crippen molar-refractivity contribution in [2.45, 2.75) is 146 Å². The largest absolute Gasteiger partial charge is 1.00 e. The first-order valence-corrected chi connectivity index (χ1v) is 19.9. The van der Waals surface area contributed by atoms with Gasteiger partial charge in [-0.05, 0) is 53.3 Å². The zero-order valence-electron chi connectivity index (χ0n) is 29.0. The van der Waals surface area contributed by atoms with Gasteiger partial charge in [-0.2, -0.15) is 0 Å². The quantitative estimate of drug-likeness (QED) is 0.0428. The fraction of sp³-hybridized carbons (Fsp3) is 0.765. The molecule has 2 rings (SSSR count). The smallest absolute Gasteiger partial charge is 0.748 e. The van der Waals surface area contributed by atoms with Crippen LogP contribution in [0.4, 0.5) is 0 Å². The van der Waals surface area contributed by atoms with Crippen LogP contribution < -0.4 is 29.6 Å². The Morgan fingerprint density at radius 2 is 1.33 bits per heavy atom. The van der Waals surface area contributed by atoms with Gasteiger partial charge in [0.1, 0.15) is 31.0 Å². The first kappa shape index (κ1) is 46.6. The molecule has 0 radical (unpaired) electrons. The van der Waals surface area contributed by atoms with Crippen LogP contribution in [0.3, 0.4) is 0 Å². The van der Waals surface area contributed by atoms with E-state index in [1.54, 1.807) is 24.3 Å². The Labute approximate surface area is 327 Å². The molecule has 0 aliphatic carbocycles. The average molecular weight is 837 g/mol. The Morgan fingerprint density at radius 3 is 1.84 bits per heavy atom. The third kappa shape index (κ3) is 20.4. The third-order valence-corrected chi connectivity index (χ3v) is 9.71. The summed E-state index contributed by atoms with van der Waals surface area (Å²) in [6, 6.07) is 6.54. The van der Waals surface area contributed by atoms with E-state index in [0.29, 0.717) is 6.42 Å². The Kier molecular flexibility index (Phi) is 25.1. The molecule has 12 nitrogen and oxygen atoms in total. The summed E-state index contributed by atoms with van der Waals surface area (Å²) in [7, 11) is -4.85. The number of halogens is 1. The molecule has 1 heterocycles. The summed E-state index contributed by atoms with van der Waals surface area (Å²) in [4.78, 5) is 25.3. The van der Waals surface area contributed by atoms with E-state index in [1.165, 1.54) is 70.6 Å². The van der Waals surface area contributed by atoms with Crippen LogP contribution in [0.2, 0.25) is 0 Å². The van der Waals surface area contributed by atoms with Crippen molar-refractivity contribution in [1.82, 2.24) is 0 Å². The van der Waals surface area contributed by atoms with Gasteiger partial charge in [-0.3, -0.25) is 4.79 Å². The van der Waals surface area contributed by atoms with Crippen LogP contribution in [-0.4, -0.2) is 96.0 Å². The Bertz CT molecular complexity index is 1160. The van der Waals surface area contributed by atoms with E-state index in [-0.39, 0.29) is 48.1 Å². The van der Waals surface area contributed by atoms with Gasteiger partial charge in [0.25, 0.3) is 0 Å². The second-order valence-corrected chi connectivity index (χ2v) is 15.2. The van der Waals surface area contributed by atoms with Crippen molar-refractivity contribution in [1.29, 1.82) is 0 Å². The van der Waals surface area contributed by atoms with E-state index >= 15 is 0 Å². The van der Waals surface area contributed by atoms with Gasteiger partial charge in [-0.1, -0.05) is 96.8 Å². The number of aliphatic hydroxyl groups excluding tert-OH is 3. The van der Waals surface area contributed by atoms with Crippen LogP contribution in [0.15, 0.2) is 24.3 Å². The fourth-order valence-electron chi connectivity index (χ4n) is 5.42. The normalized spacial score (nSPS) is 21.5. The molecule has 3 N–H and O–H groups in total. The van der Waals surface area contributed by atoms with E-state index in [0.717, 1.165) is 22.8 Å². The molecule has 0 saturated carbocycles. The number of hydrogen-bond acceptors (Lipinski definition) is 12. The van der Waals surface area contributed by atoms with Gasteiger partial charge in [0, 0.05) is 9.99 Å².